The summed E-state index contributed by atoms with van der Waals surface area (Å²) in [5.41, 5.74) is 4.63. The molecule has 1 saturated carbocycles. The SMILES string of the molecule is CC(=O)N1c2ccc(-c3cnn(C4CC4)c3)cc2N(c2nn(C)c3ccc(F)cc23)C[C@@H]1C. The number of carbonyl (C=O) groups is 1. The Morgan fingerprint density at radius 3 is 2.67 bits per heavy atom. The van der Waals surface area contributed by atoms with E-state index < -0.39 is 0 Å². The third-order valence-corrected chi connectivity index (χ3v) is 6.66. The molecular formula is C25H25FN6O. The highest BCUT2D eigenvalue weighted by molar-refractivity contribution is 6.01. The van der Waals surface area contributed by atoms with Crippen LogP contribution in [0.2, 0.25) is 0 Å². The summed E-state index contributed by atoms with van der Waals surface area (Å²) in [6.45, 7) is 4.17. The molecule has 168 valence electrons. The monoisotopic (exact) mass is 444 g/mol. The zero-order valence-corrected chi connectivity index (χ0v) is 18.9. The van der Waals surface area contributed by atoms with Crippen LogP contribution in [0.15, 0.2) is 48.8 Å². The summed E-state index contributed by atoms with van der Waals surface area (Å²) < 4.78 is 18.0. The van der Waals surface area contributed by atoms with Crippen LogP contribution in [-0.4, -0.2) is 38.1 Å². The van der Waals surface area contributed by atoms with E-state index in [1.54, 1.807) is 17.7 Å². The molecule has 33 heavy (non-hydrogen) atoms. The Bertz CT molecular complexity index is 1400. The van der Waals surface area contributed by atoms with Gasteiger partial charge in [-0.3, -0.25) is 14.2 Å². The highest BCUT2D eigenvalue weighted by Gasteiger charge is 2.34. The van der Waals surface area contributed by atoms with Crippen molar-refractivity contribution >= 4 is 34.0 Å². The second-order valence-corrected chi connectivity index (χ2v) is 9.10. The van der Waals surface area contributed by atoms with Crippen molar-refractivity contribution in [2.45, 2.75) is 38.8 Å². The largest absolute Gasteiger partial charge is 0.320 e. The van der Waals surface area contributed by atoms with Gasteiger partial charge in [0, 0.05) is 37.7 Å². The Morgan fingerprint density at radius 2 is 1.91 bits per heavy atom. The van der Waals surface area contributed by atoms with Crippen LogP contribution in [0.4, 0.5) is 21.6 Å². The van der Waals surface area contributed by atoms with E-state index in [1.807, 2.05) is 41.9 Å². The first-order valence-corrected chi connectivity index (χ1v) is 11.3. The Morgan fingerprint density at radius 1 is 1.09 bits per heavy atom. The van der Waals surface area contributed by atoms with Gasteiger partial charge in [-0.2, -0.15) is 10.2 Å². The number of aromatic nitrogens is 4. The minimum atomic E-state index is -0.298. The first-order valence-electron chi connectivity index (χ1n) is 11.3. The van der Waals surface area contributed by atoms with Crippen molar-refractivity contribution in [3.05, 3.63) is 54.6 Å². The van der Waals surface area contributed by atoms with Crippen molar-refractivity contribution in [1.82, 2.24) is 19.6 Å². The Balaban J connectivity index is 1.53. The maximum atomic E-state index is 14.2. The van der Waals surface area contributed by atoms with Gasteiger partial charge in [-0.1, -0.05) is 6.07 Å². The van der Waals surface area contributed by atoms with Crippen LogP contribution >= 0.6 is 0 Å². The van der Waals surface area contributed by atoms with Gasteiger partial charge in [0.05, 0.1) is 35.2 Å². The molecule has 0 radical (unpaired) electrons. The second kappa shape index (κ2) is 7.16. The summed E-state index contributed by atoms with van der Waals surface area (Å²) >= 11 is 0. The van der Waals surface area contributed by atoms with Crippen molar-refractivity contribution in [2.75, 3.05) is 16.3 Å². The zero-order valence-electron chi connectivity index (χ0n) is 18.9. The lowest BCUT2D eigenvalue weighted by Crippen LogP contribution is -2.48. The molecule has 2 aromatic heterocycles. The van der Waals surface area contributed by atoms with Crippen molar-refractivity contribution in [3.63, 3.8) is 0 Å². The van der Waals surface area contributed by atoms with E-state index in [9.17, 15) is 9.18 Å². The van der Waals surface area contributed by atoms with Crippen molar-refractivity contribution in [3.8, 4) is 11.1 Å². The maximum absolute atomic E-state index is 14.2. The minimum Gasteiger partial charge on any atom is -0.320 e. The van der Waals surface area contributed by atoms with Crippen LogP contribution in [0, 0.1) is 5.82 Å². The molecule has 7 nitrogen and oxygen atoms in total. The molecular weight excluding hydrogens is 419 g/mol. The van der Waals surface area contributed by atoms with Crippen LogP contribution < -0.4 is 9.80 Å². The van der Waals surface area contributed by atoms with Crippen LogP contribution in [-0.2, 0) is 11.8 Å². The van der Waals surface area contributed by atoms with Gasteiger partial charge in [0.1, 0.15) is 5.82 Å². The standard InChI is InChI=1S/C25H25FN6O/c1-15-13-30(25-21-11-19(26)5-9-22(21)29(3)28-25)24-10-17(4-8-23(24)32(15)16(2)33)18-12-27-31(14-18)20-6-7-20/h4-5,8-12,14-15,20H,6-7,13H2,1-3H3/t15-/m0/s1. The molecule has 1 amide bonds. The van der Waals surface area contributed by atoms with Crippen molar-refractivity contribution in [2.24, 2.45) is 7.05 Å². The molecule has 1 atom stereocenters. The number of nitrogens with zero attached hydrogens (tertiary/aromatic N) is 6. The Labute approximate surface area is 191 Å². The molecule has 8 heteroatoms. The molecule has 1 aliphatic carbocycles. The highest BCUT2D eigenvalue weighted by atomic mass is 19.1. The lowest BCUT2D eigenvalue weighted by Gasteiger charge is -2.41. The third kappa shape index (κ3) is 3.20. The van der Waals surface area contributed by atoms with Gasteiger partial charge in [-0.05, 0) is 55.7 Å². The number of amides is 1. The van der Waals surface area contributed by atoms with E-state index in [0.717, 1.165) is 33.4 Å². The molecule has 0 bridgehead atoms. The van der Waals surface area contributed by atoms with Gasteiger partial charge in [-0.15, -0.1) is 0 Å². The topological polar surface area (TPSA) is 59.2 Å². The van der Waals surface area contributed by atoms with Gasteiger partial charge >= 0.3 is 0 Å². The number of halogens is 1. The highest BCUT2D eigenvalue weighted by Crippen LogP contribution is 2.44. The summed E-state index contributed by atoms with van der Waals surface area (Å²) in [5, 5.41) is 10.0. The molecule has 1 aliphatic heterocycles. The number of carbonyl (C=O) groups excluding carboxylic acids is 1. The zero-order chi connectivity index (χ0) is 22.9. The molecule has 0 N–H and O–H groups in total. The van der Waals surface area contributed by atoms with Crippen LogP contribution in [0.5, 0.6) is 0 Å². The molecule has 6 rings (SSSR count). The van der Waals surface area contributed by atoms with Gasteiger partial charge in [0.25, 0.3) is 0 Å². The van der Waals surface area contributed by atoms with Crippen LogP contribution in [0.1, 0.15) is 32.7 Å². The summed E-state index contributed by atoms with van der Waals surface area (Å²) in [6, 6.07) is 11.3. The number of hydrogen-bond acceptors (Lipinski definition) is 4. The number of benzene rings is 2. The Kier molecular flexibility index (Phi) is 4.33. The van der Waals surface area contributed by atoms with Crippen LogP contribution in [0.25, 0.3) is 22.0 Å². The first-order chi connectivity index (χ1) is 15.9. The number of anilines is 3. The summed E-state index contributed by atoms with van der Waals surface area (Å²) in [5.74, 6) is 0.386. The molecule has 2 aliphatic rings. The summed E-state index contributed by atoms with van der Waals surface area (Å²) in [4.78, 5) is 16.5. The lowest BCUT2D eigenvalue weighted by molar-refractivity contribution is -0.117. The fourth-order valence-electron chi connectivity index (χ4n) is 4.93. The average Bonchev–Trinajstić information content (AvgIpc) is 3.43. The lowest BCUT2D eigenvalue weighted by atomic mass is 10.0. The quantitative estimate of drug-likeness (QED) is 0.455. The van der Waals surface area contributed by atoms with Gasteiger partial charge in [-0.25, -0.2) is 4.39 Å². The molecule has 3 heterocycles. The van der Waals surface area contributed by atoms with Gasteiger partial charge in [0.2, 0.25) is 5.91 Å². The van der Waals surface area contributed by atoms with E-state index in [1.165, 1.54) is 25.0 Å². The van der Waals surface area contributed by atoms with E-state index in [-0.39, 0.29) is 17.8 Å². The smallest absolute Gasteiger partial charge is 0.224 e. The number of fused-ring (bicyclic) bond motifs is 2. The van der Waals surface area contributed by atoms with E-state index in [2.05, 4.69) is 22.3 Å². The van der Waals surface area contributed by atoms with Crippen molar-refractivity contribution < 1.29 is 9.18 Å². The van der Waals surface area contributed by atoms with Crippen LogP contribution in [0.3, 0.4) is 0 Å². The predicted molar refractivity (Wildman–Crippen MR) is 126 cm³/mol. The van der Waals surface area contributed by atoms with E-state index in [4.69, 9.17) is 5.10 Å². The molecule has 1 fully saturated rings. The van der Waals surface area contributed by atoms with Gasteiger partial charge in [0.15, 0.2) is 5.82 Å². The number of hydrogen-bond donors (Lipinski definition) is 0. The molecule has 4 aromatic rings. The molecule has 0 spiro atoms. The number of aryl methyl sites for hydroxylation is 1. The Hall–Kier alpha value is -3.68. The minimum absolute atomic E-state index is 0.00498. The second-order valence-electron chi connectivity index (χ2n) is 9.10. The maximum Gasteiger partial charge on any atom is 0.224 e. The van der Waals surface area contributed by atoms with E-state index in [0.29, 0.717) is 18.4 Å². The summed E-state index contributed by atoms with van der Waals surface area (Å²) in [6.07, 6.45) is 6.33. The average molecular weight is 445 g/mol. The van der Waals surface area contributed by atoms with Crippen molar-refractivity contribution in [1.29, 1.82) is 0 Å². The third-order valence-electron chi connectivity index (χ3n) is 6.66. The summed E-state index contributed by atoms with van der Waals surface area (Å²) in [7, 11) is 1.86. The fourth-order valence-corrected chi connectivity index (χ4v) is 4.93. The predicted octanol–water partition coefficient (Wildman–Crippen LogP) is 4.80. The van der Waals surface area contributed by atoms with E-state index >= 15 is 0 Å². The van der Waals surface area contributed by atoms with Gasteiger partial charge < -0.3 is 9.80 Å². The normalized spacial score (nSPS) is 18.1. The number of rotatable bonds is 3. The molecule has 0 unspecified atom stereocenters. The molecule has 2 aromatic carbocycles. The molecule has 0 saturated heterocycles. The fraction of sp³-hybridized carbons (Fsp3) is 0.320. The first kappa shape index (κ1) is 20.0.